The third-order valence-electron chi connectivity index (χ3n) is 4.03. The highest BCUT2D eigenvalue weighted by Crippen LogP contribution is 2.30. The maximum absolute atomic E-state index is 13.8. The summed E-state index contributed by atoms with van der Waals surface area (Å²) in [6.45, 7) is 0. The fourth-order valence-electron chi connectivity index (χ4n) is 2.91. The summed E-state index contributed by atoms with van der Waals surface area (Å²) in [5.74, 6) is -0.887. The summed E-state index contributed by atoms with van der Waals surface area (Å²) < 4.78 is 36.6. The number of carbonyl (C=O) groups is 1. The Kier molecular flexibility index (Phi) is 4.28. The lowest BCUT2D eigenvalue weighted by Gasteiger charge is -2.15. The number of urea groups is 1. The van der Waals surface area contributed by atoms with Crippen molar-refractivity contribution < 1.29 is 17.6 Å². The van der Waals surface area contributed by atoms with E-state index in [0.29, 0.717) is 0 Å². The maximum Gasteiger partial charge on any atom is 0.319 e. The first-order chi connectivity index (χ1) is 11.3. The smallest absolute Gasteiger partial charge is 0.319 e. The molecule has 1 aliphatic rings. The Morgan fingerprint density at radius 1 is 1.21 bits per heavy atom. The largest absolute Gasteiger partial charge is 0.331 e. The molecule has 1 atom stereocenters. The molecule has 0 saturated carbocycles. The number of halogens is 1. The number of hydrogen-bond acceptors (Lipinski definition) is 3. The van der Waals surface area contributed by atoms with Gasteiger partial charge in [-0.05, 0) is 42.2 Å². The molecule has 7 heteroatoms. The zero-order chi connectivity index (χ0) is 17.3. The zero-order valence-corrected chi connectivity index (χ0v) is 13.9. The molecule has 0 saturated heterocycles. The summed E-state index contributed by atoms with van der Waals surface area (Å²) in [7, 11) is -3.63. The number of aryl methyl sites for hydroxylation is 1. The number of amides is 2. The number of hydrogen-bond donors (Lipinski definition) is 2. The average molecular weight is 348 g/mol. The van der Waals surface area contributed by atoms with Crippen LogP contribution in [0, 0.1) is 5.82 Å². The van der Waals surface area contributed by atoms with E-state index in [4.69, 9.17) is 0 Å². The second kappa shape index (κ2) is 6.24. The molecule has 0 heterocycles. The van der Waals surface area contributed by atoms with Crippen LogP contribution in [0.15, 0.2) is 47.4 Å². The van der Waals surface area contributed by atoms with Gasteiger partial charge in [0.25, 0.3) is 0 Å². The van der Waals surface area contributed by atoms with Crippen LogP contribution in [0.2, 0.25) is 0 Å². The standard InChI is InChI=1S/C17H17FN2O3S/c1-24(22,23)16-9-7-12(10-14(16)18)19-17(21)20-15-8-6-11-4-2-3-5-13(11)15/h2-5,7,9-10,15H,6,8H2,1H3,(H2,19,20,21)/t15-/m1/s1. The number of sulfone groups is 1. The zero-order valence-electron chi connectivity index (χ0n) is 13.0. The molecule has 2 aromatic rings. The summed E-state index contributed by atoms with van der Waals surface area (Å²) in [6, 6.07) is 10.9. The van der Waals surface area contributed by atoms with Crippen molar-refractivity contribution in [1.82, 2.24) is 5.32 Å². The van der Waals surface area contributed by atoms with Crippen LogP contribution in [0.4, 0.5) is 14.9 Å². The maximum atomic E-state index is 13.8. The van der Waals surface area contributed by atoms with Gasteiger partial charge in [-0.1, -0.05) is 24.3 Å². The highest BCUT2D eigenvalue weighted by Gasteiger charge is 2.23. The fourth-order valence-corrected chi connectivity index (χ4v) is 3.64. The molecule has 24 heavy (non-hydrogen) atoms. The lowest BCUT2D eigenvalue weighted by molar-refractivity contribution is 0.248. The van der Waals surface area contributed by atoms with Crippen LogP contribution >= 0.6 is 0 Å². The molecule has 1 aliphatic carbocycles. The quantitative estimate of drug-likeness (QED) is 0.895. The lowest BCUT2D eigenvalue weighted by Crippen LogP contribution is -2.31. The van der Waals surface area contributed by atoms with Crippen molar-refractivity contribution in [3.63, 3.8) is 0 Å². The monoisotopic (exact) mass is 348 g/mol. The molecule has 0 radical (unpaired) electrons. The third kappa shape index (κ3) is 3.41. The van der Waals surface area contributed by atoms with Crippen LogP contribution in [0.25, 0.3) is 0 Å². The first kappa shape index (κ1) is 16.4. The van der Waals surface area contributed by atoms with E-state index < -0.39 is 26.6 Å². The van der Waals surface area contributed by atoms with Crippen LogP contribution in [0.5, 0.6) is 0 Å². The van der Waals surface area contributed by atoms with Crippen LogP contribution in [0.3, 0.4) is 0 Å². The number of fused-ring (bicyclic) bond motifs is 1. The molecule has 3 rings (SSSR count). The predicted molar refractivity (Wildman–Crippen MR) is 89.2 cm³/mol. The van der Waals surface area contributed by atoms with Crippen LogP contribution in [0.1, 0.15) is 23.6 Å². The van der Waals surface area contributed by atoms with E-state index >= 15 is 0 Å². The number of nitrogens with one attached hydrogen (secondary N) is 2. The topological polar surface area (TPSA) is 75.3 Å². The minimum absolute atomic E-state index is 0.0821. The van der Waals surface area contributed by atoms with Gasteiger partial charge in [0.15, 0.2) is 9.84 Å². The first-order valence-corrected chi connectivity index (χ1v) is 9.38. The van der Waals surface area contributed by atoms with Crippen molar-refractivity contribution >= 4 is 21.6 Å². The molecule has 5 nitrogen and oxygen atoms in total. The van der Waals surface area contributed by atoms with Gasteiger partial charge >= 0.3 is 6.03 Å². The fraction of sp³-hybridized carbons (Fsp3) is 0.235. The SMILES string of the molecule is CS(=O)(=O)c1ccc(NC(=O)N[C@@H]2CCc3ccccc32)cc1F. The minimum Gasteiger partial charge on any atom is -0.331 e. The van der Waals surface area contributed by atoms with Crippen molar-refractivity contribution in [3.05, 3.63) is 59.4 Å². The molecule has 0 bridgehead atoms. The van der Waals surface area contributed by atoms with Crippen LogP contribution in [-0.2, 0) is 16.3 Å². The summed E-state index contributed by atoms with van der Waals surface area (Å²) in [4.78, 5) is 11.7. The Bertz CT molecular complexity index is 896. The van der Waals surface area contributed by atoms with E-state index in [1.165, 1.54) is 11.6 Å². The summed E-state index contributed by atoms with van der Waals surface area (Å²) in [5, 5.41) is 5.39. The van der Waals surface area contributed by atoms with Crippen LogP contribution < -0.4 is 10.6 Å². The Morgan fingerprint density at radius 2 is 1.96 bits per heavy atom. The highest BCUT2D eigenvalue weighted by molar-refractivity contribution is 7.90. The normalized spacial score (nSPS) is 16.5. The number of anilines is 1. The van der Waals surface area contributed by atoms with Gasteiger partial charge < -0.3 is 10.6 Å². The van der Waals surface area contributed by atoms with E-state index in [1.54, 1.807) is 0 Å². The number of rotatable bonds is 3. The molecule has 0 unspecified atom stereocenters. The van der Waals surface area contributed by atoms with Crippen molar-refractivity contribution in [2.75, 3.05) is 11.6 Å². The van der Waals surface area contributed by atoms with Gasteiger partial charge in [-0.15, -0.1) is 0 Å². The van der Waals surface area contributed by atoms with Gasteiger partial charge in [-0.25, -0.2) is 17.6 Å². The van der Waals surface area contributed by atoms with E-state index in [9.17, 15) is 17.6 Å². The molecular weight excluding hydrogens is 331 g/mol. The summed E-state index contributed by atoms with van der Waals surface area (Å²) in [6.07, 6.45) is 2.65. The lowest BCUT2D eigenvalue weighted by atomic mass is 10.1. The van der Waals surface area contributed by atoms with E-state index in [-0.39, 0.29) is 11.7 Å². The third-order valence-corrected chi connectivity index (χ3v) is 5.16. The van der Waals surface area contributed by atoms with Crippen molar-refractivity contribution in [2.45, 2.75) is 23.8 Å². The van der Waals surface area contributed by atoms with Gasteiger partial charge in [-0.3, -0.25) is 0 Å². The molecular formula is C17H17FN2O3S. The second-order valence-electron chi connectivity index (χ2n) is 5.81. The highest BCUT2D eigenvalue weighted by atomic mass is 32.2. The summed E-state index contributed by atoms with van der Waals surface area (Å²) in [5.41, 5.74) is 2.50. The van der Waals surface area contributed by atoms with E-state index in [1.807, 2.05) is 24.3 Å². The molecule has 2 N–H and O–H groups in total. The molecule has 0 fully saturated rings. The van der Waals surface area contributed by atoms with Gasteiger partial charge in [0.05, 0.1) is 6.04 Å². The molecule has 126 valence electrons. The average Bonchev–Trinajstić information content (AvgIpc) is 2.89. The van der Waals surface area contributed by atoms with E-state index in [0.717, 1.165) is 36.8 Å². The first-order valence-electron chi connectivity index (χ1n) is 7.49. The minimum atomic E-state index is -3.63. The van der Waals surface area contributed by atoms with Crippen molar-refractivity contribution in [1.29, 1.82) is 0 Å². The van der Waals surface area contributed by atoms with Gasteiger partial charge in [0.1, 0.15) is 10.7 Å². The molecule has 0 aliphatic heterocycles. The Balaban J connectivity index is 1.69. The van der Waals surface area contributed by atoms with Gasteiger partial charge in [-0.2, -0.15) is 0 Å². The number of carbonyl (C=O) groups excluding carboxylic acids is 1. The Hall–Kier alpha value is -2.41. The predicted octanol–water partition coefficient (Wildman–Crippen LogP) is 3.04. The molecule has 2 aromatic carbocycles. The van der Waals surface area contributed by atoms with Gasteiger partial charge in [0.2, 0.25) is 0 Å². The summed E-state index contributed by atoms with van der Waals surface area (Å²) >= 11 is 0. The van der Waals surface area contributed by atoms with Gasteiger partial charge in [0, 0.05) is 11.9 Å². The number of benzene rings is 2. The molecule has 2 amide bonds. The van der Waals surface area contributed by atoms with Crippen molar-refractivity contribution in [3.8, 4) is 0 Å². The Labute approximate surface area is 139 Å². The molecule has 0 spiro atoms. The Morgan fingerprint density at radius 3 is 2.67 bits per heavy atom. The molecule has 0 aromatic heterocycles. The second-order valence-corrected chi connectivity index (χ2v) is 7.79. The van der Waals surface area contributed by atoms with E-state index in [2.05, 4.69) is 10.6 Å². The van der Waals surface area contributed by atoms with Crippen LogP contribution in [-0.4, -0.2) is 20.7 Å². The van der Waals surface area contributed by atoms with Crippen molar-refractivity contribution in [2.24, 2.45) is 0 Å².